The van der Waals surface area contributed by atoms with Crippen molar-refractivity contribution in [2.75, 3.05) is 0 Å². The molecular formula is C20H25N5O2S. The number of tetrazole rings is 1. The highest BCUT2D eigenvalue weighted by molar-refractivity contribution is 8.00. The van der Waals surface area contributed by atoms with Crippen molar-refractivity contribution in [2.45, 2.75) is 69.4 Å². The third-order valence-corrected chi connectivity index (χ3v) is 6.56. The summed E-state index contributed by atoms with van der Waals surface area (Å²) < 4.78 is 9.48. The lowest BCUT2D eigenvalue weighted by Crippen LogP contribution is -2.17. The first-order chi connectivity index (χ1) is 13.5. The third kappa shape index (κ3) is 3.65. The Morgan fingerprint density at radius 2 is 2.14 bits per heavy atom. The van der Waals surface area contributed by atoms with Gasteiger partial charge < -0.3 is 8.98 Å². The average molecular weight is 400 g/mol. The van der Waals surface area contributed by atoms with E-state index in [1.807, 2.05) is 43.7 Å². The van der Waals surface area contributed by atoms with Gasteiger partial charge in [0.05, 0.1) is 24.1 Å². The number of thioether (sulfide) groups is 1. The summed E-state index contributed by atoms with van der Waals surface area (Å²) in [4.78, 5) is 13.2. The van der Waals surface area contributed by atoms with Crippen molar-refractivity contribution in [1.82, 2.24) is 24.8 Å². The third-order valence-electron chi connectivity index (χ3n) is 5.52. The van der Waals surface area contributed by atoms with Gasteiger partial charge in [-0.15, -0.1) is 5.10 Å². The zero-order valence-electron chi connectivity index (χ0n) is 16.5. The number of hydrogen-bond acceptors (Lipinski definition) is 6. The Kier molecular flexibility index (Phi) is 5.39. The molecule has 0 aromatic carbocycles. The highest BCUT2D eigenvalue weighted by Gasteiger charge is 2.27. The van der Waals surface area contributed by atoms with Crippen LogP contribution in [-0.2, 0) is 6.54 Å². The second kappa shape index (κ2) is 7.95. The molecule has 8 heteroatoms. The smallest absolute Gasteiger partial charge is 0.210 e. The number of carbonyl (C=O) groups excluding carboxylic acids is 1. The van der Waals surface area contributed by atoms with Gasteiger partial charge in [0.2, 0.25) is 5.16 Å². The van der Waals surface area contributed by atoms with Crippen LogP contribution in [0, 0.1) is 13.8 Å². The first-order valence-electron chi connectivity index (χ1n) is 9.72. The van der Waals surface area contributed by atoms with Crippen molar-refractivity contribution in [1.29, 1.82) is 0 Å². The van der Waals surface area contributed by atoms with Crippen LogP contribution in [0.15, 0.2) is 34.0 Å². The summed E-state index contributed by atoms with van der Waals surface area (Å²) in [5.41, 5.74) is 2.76. The van der Waals surface area contributed by atoms with E-state index >= 15 is 0 Å². The van der Waals surface area contributed by atoms with Gasteiger partial charge in [-0.2, -0.15) is 0 Å². The van der Waals surface area contributed by atoms with Crippen molar-refractivity contribution in [3.8, 4) is 0 Å². The number of hydrogen-bond donors (Lipinski definition) is 0. The molecule has 3 aromatic rings. The minimum Gasteiger partial charge on any atom is -0.467 e. The fraction of sp³-hybridized carbons (Fsp3) is 0.500. The van der Waals surface area contributed by atoms with E-state index in [4.69, 9.17) is 4.42 Å². The lowest BCUT2D eigenvalue weighted by molar-refractivity contribution is 0.0993. The second-order valence-corrected chi connectivity index (χ2v) is 8.73. The topological polar surface area (TPSA) is 78.7 Å². The summed E-state index contributed by atoms with van der Waals surface area (Å²) >= 11 is 1.45. The van der Waals surface area contributed by atoms with Gasteiger partial charge in [-0.1, -0.05) is 24.6 Å². The Hall–Kier alpha value is -2.35. The molecule has 148 valence electrons. The Labute approximate surface area is 168 Å². The summed E-state index contributed by atoms with van der Waals surface area (Å²) in [6.07, 6.45) is 6.31. The zero-order valence-corrected chi connectivity index (χ0v) is 17.3. The van der Waals surface area contributed by atoms with Crippen molar-refractivity contribution in [2.24, 2.45) is 0 Å². The summed E-state index contributed by atoms with van der Waals surface area (Å²) in [6, 6.07) is 6.15. The van der Waals surface area contributed by atoms with Crippen molar-refractivity contribution in [3.05, 3.63) is 47.2 Å². The van der Waals surface area contributed by atoms with E-state index in [2.05, 4.69) is 20.1 Å². The van der Waals surface area contributed by atoms with E-state index < -0.39 is 0 Å². The highest BCUT2D eigenvalue weighted by Crippen LogP contribution is 2.33. The molecule has 1 fully saturated rings. The molecule has 3 aromatic heterocycles. The molecule has 0 spiro atoms. The van der Waals surface area contributed by atoms with Crippen molar-refractivity contribution in [3.63, 3.8) is 0 Å². The Balaban J connectivity index is 1.51. The molecule has 0 N–H and O–H groups in total. The Morgan fingerprint density at radius 3 is 2.86 bits per heavy atom. The maximum Gasteiger partial charge on any atom is 0.210 e. The van der Waals surface area contributed by atoms with Gasteiger partial charge in [0.1, 0.15) is 5.76 Å². The van der Waals surface area contributed by atoms with Crippen LogP contribution < -0.4 is 0 Å². The lowest BCUT2D eigenvalue weighted by atomic mass is 10.1. The first kappa shape index (κ1) is 19.0. The molecule has 0 saturated heterocycles. The number of aryl methyl sites for hydroxylation is 1. The minimum absolute atomic E-state index is 0.102. The molecular weight excluding hydrogens is 374 g/mol. The van der Waals surface area contributed by atoms with Gasteiger partial charge in [0.15, 0.2) is 5.78 Å². The standard InChI is InChI=1S/C20H25N5O2S/c1-13-11-18(14(2)24(13)12-17-9-6-10-27-17)19(26)15(3)28-20-21-22-23-25(20)16-7-4-5-8-16/h6,9-11,15-16H,4-5,7-8,12H2,1-3H3/t15-/m0/s1. The van der Waals surface area contributed by atoms with E-state index in [-0.39, 0.29) is 11.0 Å². The molecule has 4 rings (SSSR count). The molecule has 1 aliphatic rings. The number of ketones is 1. The van der Waals surface area contributed by atoms with E-state index in [1.165, 1.54) is 24.6 Å². The first-order valence-corrected chi connectivity index (χ1v) is 10.6. The van der Waals surface area contributed by atoms with Crippen molar-refractivity contribution >= 4 is 17.5 Å². The summed E-state index contributed by atoms with van der Waals surface area (Å²) in [7, 11) is 0. The van der Waals surface area contributed by atoms with E-state index in [0.29, 0.717) is 12.6 Å². The monoisotopic (exact) mass is 399 g/mol. The average Bonchev–Trinajstić information content (AvgIpc) is 3.46. The lowest BCUT2D eigenvalue weighted by Gasteiger charge is -2.14. The minimum atomic E-state index is -0.260. The van der Waals surface area contributed by atoms with Crippen LogP contribution in [-0.4, -0.2) is 35.8 Å². The second-order valence-electron chi connectivity index (χ2n) is 7.42. The number of Topliss-reactive ketones (excluding diaryl/α,β-unsaturated/α-hetero) is 1. The fourth-order valence-corrected chi connectivity index (χ4v) is 4.85. The largest absolute Gasteiger partial charge is 0.467 e. The van der Waals surface area contributed by atoms with Gasteiger partial charge in [-0.3, -0.25) is 4.79 Å². The molecule has 0 bridgehead atoms. The van der Waals surface area contributed by atoms with E-state index in [0.717, 1.165) is 40.7 Å². The van der Waals surface area contributed by atoms with Crippen LogP contribution in [0.1, 0.15) is 66.2 Å². The zero-order chi connectivity index (χ0) is 19.7. The molecule has 28 heavy (non-hydrogen) atoms. The summed E-state index contributed by atoms with van der Waals surface area (Å²) in [5, 5.41) is 12.7. The predicted molar refractivity (Wildman–Crippen MR) is 107 cm³/mol. The molecule has 1 saturated carbocycles. The Bertz CT molecular complexity index is 954. The molecule has 1 aliphatic carbocycles. The van der Waals surface area contributed by atoms with Crippen LogP contribution in [0.2, 0.25) is 0 Å². The summed E-state index contributed by atoms with van der Waals surface area (Å²) in [5.74, 6) is 0.976. The van der Waals surface area contributed by atoms with E-state index in [1.54, 1.807) is 6.26 Å². The SMILES string of the molecule is Cc1cc(C(=O)[C@H](C)Sc2nnnn2C2CCCC2)c(C)n1Cc1ccco1. The molecule has 7 nitrogen and oxygen atoms in total. The summed E-state index contributed by atoms with van der Waals surface area (Å²) in [6.45, 7) is 6.56. The fourth-order valence-electron chi connectivity index (χ4n) is 3.92. The number of nitrogens with zero attached hydrogens (tertiary/aromatic N) is 5. The van der Waals surface area contributed by atoms with Crippen LogP contribution in [0.25, 0.3) is 0 Å². The van der Waals surface area contributed by atoms with Gasteiger partial charge in [-0.05, 0) is 62.2 Å². The quantitative estimate of drug-likeness (QED) is 0.437. The maximum atomic E-state index is 13.2. The molecule has 0 aliphatic heterocycles. The molecule has 3 heterocycles. The van der Waals surface area contributed by atoms with Gasteiger partial charge >= 0.3 is 0 Å². The number of rotatable bonds is 7. The highest BCUT2D eigenvalue weighted by atomic mass is 32.2. The molecule has 1 atom stereocenters. The van der Waals surface area contributed by atoms with Crippen LogP contribution in [0.4, 0.5) is 0 Å². The normalized spacial score (nSPS) is 16.0. The predicted octanol–water partition coefficient (Wildman–Crippen LogP) is 4.21. The van der Waals surface area contributed by atoms with Crippen LogP contribution >= 0.6 is 11.8 Å². The number of aromatic nitrogens is 5. The van der Waals surface area contributed by atoms with Crippen LogP contribution in [0.3, 0.4) is 0 Å². The van der Waals surface area contributed by atoms with E-state index in [9.17, 15) is 4.79 Å². The molecule has 0 radical (unpaired) electrons. The number of furan rings is 1. The van der Waals surface area contributed by atoms with Gasteiger partial charge in [0, 0.05) is 17.0 Å². The van der Waals surface area contributed by atoms with Gasteiger partial charge in [0.25, 0.3) is 0 Å². The Morgan fingerprint density at radius 1 is 1.36 bits per heavy atom. The molecule has 0 amide bonds. The molecule has 0 unspecified atom stereocenters. The van der Waals surface area contributed by atoms with Crippen LogP contribution in [0.5, 0.6) is 0 Å². The van der Waals surface area contributed by atoms with Crippen molar-refractivity contribution < 1.29 is 9.21 Å². The van der Waals surface area contributed by atoms with Gasteiger partial charge in [-0.25, -0.2) is 4.68 Å². The number of carbonyl (C=O) groups is 1. The maximum absolute atomic E-state index is 13.2.